The first-order valence-corrected chi connectivity index (χ1v) is 6.76. The fourth-order valence-electron chi connectivity index (χ4n) is 2.65. The molecule has 0 aromatic heterocycles. The van der Waals surface area contributed by atoms with Crippen LogP contribution in [-0.4, -0.2) is 49.1 Å². The summed E-state index contributed by atoms with van der Waals surface area (Å²) in [5, 5.41) is 0. The molecule has 0 radical (unpaired) electrons. The Kier molecular flexibility index (Phi) is 4.85. The van der Waals surface area contributed by atoms with Crippen LogP contribution in [0, 0.1) is 11.6 Å². The van der Waals surface area contributed by atoms with Crippen molar-refractivity contribution in [2.75, 3.05) is 39.3 Å². The number of likely N-dealkylation sites (N-methyl/N-ethyl adjacent to an activating group) is 1. The van der Waals surface area contributed by atoms with Crippen molar-refractivity contribution in [3.63, 3.8) is 0 Å². The zero-order chi connectivity index (χ0) is 13.8. The van der Waals surface area contributed by atoms with E-state index in [1.165, 1.54) is 12.1 Å². The third-order valence-corrected chi connectivity index (χ3v) is 3.79. The predicted octanol–water partition coefficient (Wildman–Crippen LogP) is 1.60. The lowest BCUT2D eigenvalue weighted by Crippen LogP contribution is -2.48. The van der Waals surface area contributed by atoms with Crippen molar-refractivity contribution < 1.29 is 8.78 Å². The number of rotatable bonds is 4. The van der Waals surface area contributed by atoms with Gasteiger partial charge in [0.05, 0.1) is 0 Å². The van der Waals surface area contributed by atoms with Gasteiger partial charge in [-0.05, 0) is 24.2 Å². The van der Waals surface area contributed by atoms with Crippen molar-refractivity contribution in [2.45, 2.75) is 13.0 Å². The molecule has 2 rings (SSSR count). The van der Waals surface area contributed by atoms with Gasteiger partial charge in [0.25, 0.3) is 0 Å². The fourth-order valence-corrected chi connectivity index (χ4v) is 2.65. The number of benzene rings is 1. The Hall–Kier alpha value is -1.04. The number of piperazine rings is 1. The summed E-state index contributed by atoms with van der Waals surface area (Å²) in [5.74, 6) is -1.08. The lowest BCUT2D eigenvalue weighted by Gasteiger charge is -2.38. The first-order chi connectivity index (χ1) is 9.13. The molecule has 1 aromatic carbocycles. The molecule has 3 nitrogen and oxygen atoms in total. The Balaban J connectivity index is 2.11. The van der Waals surface area contributed by atoms with Crippen LogP contribution in [0.25, 0.3) is 0 Å². The van der Waals surface area contributed by atoms with Crippen molar-refractivity contribution in [1.82, 2.24) is 9.80 Å². The molecule has 0 aliphatic carbocycles. The Labute approximate surface area is 113 Å². The van der Waals surface area contributed by atoms with E-state index in [-0.39, 0.29) is 6.04 Å². The first-order valence-electron chi connectivity index (χ1n) is 6.76. The molecule has 1 saturated heterocycles. The third-order valence-electron chi connectivity index (χ3n) is 3.79. The molecule has 1 unspecified atom stereocenters. The summed E-state index contributed by atoms with van der Waals surface area (Å²) in [4.78, 5) is 4.57. The van der Waals surface area contributed by atoms with Gasteiger partial charge in [-0.2, -0.15) is 0 Å². The number of halogens is 2. The molecule has 0 amide bonds. The monoisotopic (exact) mass is 269 g/mol. The summed E-state index contributed by atoms with van der Waals surface area (Å²) in [6.45, 7) is 7.26. The van der Waals surface area contributed by atoms with Gasteiger partial charge in [-0.15, -0.1) is 0 Å². The summed E-state index contributed by atoms with van der Waals surface area (Å²) in [6.07, 6.45) is 0. The van der Waals surface area contributed by atoms with Gasteiger partial charge in [0.15, 0.2) is 0 Å². The molecule has 106 valence electrons. The van der Waals surface area contributed by atoms with E-state index in [0.717, 1.165) is 38.8 Å². The van der Waals surface area contributed by atoms with Crippen LogP contribution >= 0.6 is 0 Å². The normalized spacial score (nSPS) is 19.6. The molecule has 1 fully saturated rings. The largest absolute Gasteiger partial charge is 0.329 e. The molecule has 1 heterocycles. The lowest BCUT2D eigenvalue weighted by molar-refractivity contribution is 0.102. The molecule has 1 atom stereocenters. The average Bonchev–Trinajstić information content (AvgIpc) is 2.39. The van der Waals surface area contributed by atoms with Crippen LogP contribution in [0.4, 0.5) is 8.78 Å². The SMILES string of the molecule is CCN1CCN(C(CN)c2cc(F)cc(F)c2)CC1. The van der Waals surface area contributed by atoms with E-state index >= 15 is 0 Å². The van der Waals surface area contributed by atoms with Crippen LogP contribution in [0.1, 0.15) is 18.5 Å². The molecule has 1 aliphatic heterocycles. The van der Waals surface area contributed by atoms with Crippen LogP contribution in [0.5, 0.6) is 0 Å². The fraction of sp³-hybridized carbons (Fsp3) is 0.571. The Morgan fingerprint density at radius 1 is 1.11 bits per heavy atom. The molecule has 2 N–H and O–H groups in total. The standard InChI is InChI=1S/C14H21F2N3/c1-2-18-3-5-19(6-4-18)14(10-17)11-7-12(15)9-13(16)8-11/h7-9,14H,2-6,10,17H2,1H3. The first kappa shape index (κ1) is 14.4. The number of nitrogens with two attached hydrogens (primary N) is 1. The Morgan fingerprint density at radius 3 is 2.16 bits per heavy atom. The van der Waals surface area contributed by atoms with E-state index in [4.69, 9.17) is 5.73 Å². The molecule has 1 aromatic rings. The van der Waals surface area contributed by atoms with Gasteiger partial charge >= 0.3 is 0 Å². The van der Waals surface area contributed by atoms with Gasteiger partial charge in [-0.25, -0.2) is 8.78 Å². The molecule has 5 heteroatoms. The van der Waals surface area contributed by atoms with Gasteiger partial charge in [0, 0.05) is 44.8 Å². The minimum absolute atomic E-state index is 0.107. The topological polar surface area (TPSA) is 32.5 Å². The van der Waals surface area contributed by atoms with Crippen molar-refractivity contribution >= 4 is 0 Å². The van der Waals surface area contributed by atoms with Crippen molar-refractivity contribution in [1.29, 1.82) is 0 Å². The lowest BCUT2D eigenvalue weighted by atomic mass is 10.0. The van der Waals surface area contributed by atoms with Gasteiger partial charge in [0.2, 0.25) is 0 Å². The summed E-state index contributed by atoms with van der Waals surface area (Å²) >= 11 is 0. The summed E-state index contributed by atoms with van der Waals surface area (Å²) in [6, 6.07) is 3.55. The second kappa shape index (κ2) is 6.41. The molecule has 19 heavy (non-hydrogen) atoms. The van der Waals surface area contributed by atoms with Crippen molar-refractivity contribution in [3.05, 3.63) is 35.4 Å². The summed E-state index contributed by atoms with van der Waals surface area (Å²) in [5.41, 5.74) is 6.43. The highest BCUT2D eigenvalue weighted by Gasteiger charge is 2.24. The Morgan fingerprint density at radius 2 is 1.68 bits per heavy atom. The van der Waals surface area contributed by atoms with E-state index in [1.807, 2.05) is 0 Å². The quantitative estimate of drug-likeness (QED) is 0.901. The molecule has 1 aliphatic rings. The maximum atomic E-state index is 13.3. The van der Waals surface area contributed by atoms with E-state index in [2.05, 4.69) is 16.7 Å². The van der Waals surface area contributed by atoms with E-state index in [0.29, 0.717) is 12.1 Å². The summed E-state index contributed by atoms with van der Waals surface area (Å²) in [7, 11) is 0. The zero-order valence-electron chi connectivity index (χ0n) is 11.3. The molecule has 0 spiro atoms. The average molecular weight is 269 g/mol. The van der Waals surface area contributed by atoms with E-state index in [1.54, 1.807) is 0 Å². The number of hydrogen-bond acceptors (Lipinski definition) is 3. The molecular weight excluding hydrogens is 248 g/mol. The van der Waals surface area contributed by atoms with Crippen molar-refractivity contribution in [2.24, 2.45) is 5.73 Å². The van der Waals surface area contributed by atoms with Crippen LogP contribution in [0.2, 0.25) is 0 Å². The van der Waals surface area contributed by atoms with Crippen molar-refractivity contribution in [3.8, 4) is 0 Å². The van der Waals surface area contributed by atoms with Gasteiger partial charge in [0.1, 0.15) is 11.6 Å². The van der Waals surface area contributed by atoms with Gasteiger partial charge in [-0.1, -0.05) is 6.92 Å². The second-order valence-corrected chi connectivity index (χ2v) is 4.92. The molecule has 0 saturated carbocycles. The smallest absolute Gasteiger partial charge is 0.126 e. The number of hydrogen-bond donors (Lipinski definition) is 1. The highest BCUT2D eigenvalue weighted by atomic mass is 19.1. The van der Waals surface area contributed by atoms with Gasteiger partial charge < -0.3 is 10.6 Å². The number of nitrogens with zero attached hydrogens (tertiary/aromatic N) is 2. The van der Waals surface area contributed by atoms with E-state index < -0.39 is 11.6 Å². The van der Waals surface area contributed by atoms with Crippen LogP contribution in [-0.2, 0) is 0 Å². The van der Waals surface area contributed by atoms with E-state index in [9.17, 15) is 8.78 Å². The Bertz CT molecular complexity index is 397. The third kappa shape index (κ3) is 3.49. The molecule has 0 bridgehead atoms. The van der Waals surface area contributed by atoms with Crippen LogP contribution < -0.4 is 5.73 Å². The summed E-state index contributed by atoms with van der Waals surface area (Å²) < 4.78 is 26.6. The minimum atomic E-state index is -0.541. The van der Waals surface area contributed by atoms with Gasteiger partial charge in [-0.3, -0.25) is 4.90 Å². The maximum Gasteiger partial charge on any atom is 0.126 e. The second-order valence-electron chi connectivity index (χ2n) is 4.92. The minimum Gasteiger partial charge on any atom is -0.329 e. The highest BCUT2D eigenvalue weighted by molar-refractivity contribution is 5.22. The van der Waals surface area contributed by atoms with Crippen LogP contribution in [0.3, 0.4) is 0 Å². The maximum absolute atomic E-state index is 13.3. The highest BCUT2D eigenvalue weighted by Crippen LogP contribution is 2.23. The molecular formula is C14H21F2N3. The zero-order valence-corrected chi connectivity index (χ0v) is 11.3. The van der Waals surface area contributed by atoms with Crippen LogP contribution in [0.15, 0.2) is 18.2 Å². The predicted molar refractivity (Wildman–Crippen MR) is 71.8 cm³/mol.